The van der Waals surface area contributed by atoms with Crippen LogP contribution >= 0.6 is 0 Å². The van der Waals surface area contributed by atoms with Crippen LogP contribution in [0.1, 0.15) is 25.7 Å². The second-order valence-corrected chi connectivity index (χ2v) is 4.43. The standard InChI is InChI=1S/C15H21NO/c1-3-8-14(9-4-1)16-12-7-13-17-15-10-5-2-6-11-15/h2-3,5-6,8,10-11,14,16H,1,4,7,9,12-13H2. The molecular weight excluding hydrogens is 210 g/mol. The van der Waals surface area contributed by atoms with Crippen molar-refractivity contribution in [2.24, 2.45) is 0 Å². The fourth-order valence-corrected chi connectivity index (χ4v) is 2.05. The predicted molar refractivity (Wildman–Crippen MR) is 71.3 cm³/mol. The van der Waals surface area contributed by atoms with Crippen LogP contribution in [0.25, 0.3) is 0 Å². The fourth-order valence-electron chi connectivity index (χ4n) is 2.05. The van der Waals surface area contributed by atoms with Crippen LogP contribution in [-0.2, 0) is 0 Å². The molecule has 0 saturated heterocycles. The molecule has 2 rings (SSSR count). The summed E-state index contributed by atoms with van der Waals surface area (Å²) in [5.74, 6) is 0.963. The molecule has 1 aliphatic carbocycles. The van der Waals surface area contributed by atoms with Crippen molar-refractivity contribution in [1.29, 1.82) is 0 Å². The number of allylic oxidation sites excluding steroid dienone is 1. The second-order valence-electron chi connectivity index (χ2n) is 4.43. The number of benzene rings is 1. The highest BCUT2D eigenvalue weighted by Crippen LogP contribution is 2.10. The molecule has 0 amide bonds. The Balaban J connectivity index is 1.54. The highest BCUT2D eigenvalue weighted by atomic mass is 16.5. The highest BCUT2D eigenvalue weighted by molar-refractivity contribution is 5.20. The molecule has 92 valence electrons. The van der Waals surface area contributed by atoms with Crippen LogP contribution in [0.15, 0.2) is 42.5 Å². The third-order valence-corrected chi connectivity index (χ3v) is 2.99. The Bertz CT molecular complexity index is 334. The molecule has 2 heteroatoms. The molecule has 1 atom stereocenters. The van der Waals surface area contributed by atoms with E-state index in [4.69, 9.17) is 4.74 Å². The van der Waals surface area contributed by atoms with Gasteiger partial charge in [0, 0.05) is 6.04 Å². The van der Waals surface area contributed by atoms with Crippen LogP contribution in [0.2, 0.25) is 0 Å². The number of ether oxygens (including phenoxy) is 1. The van der Waals surface area contributed by atoms with Gasteiger partial charge in [0.25, 0.3) is 0 Å². The SMILES string of the molecule is C1=CC(NCCCOc2ccccc2)CCC1. The minimum atomic E-state index is 0.584. The summed E-state index contributed by atoms with van der Waals surface area (Å²) in [6.45, 7) is 1.81. The van der Waals surface area contributed by atoms with Gasteiger partial charge in [-0.25, -0.2) is 0 Å². The lowest BCUT2D eigenvalue weighted by atomic mass is 10.0. The summed E-state index contributed by atoms with van der Waals surface area (Å²) >= 11 is 0. The van der Waals surface area contributed by atoms with Crippen LogP contribution < -0.4 is 10.1 Å². The zero-order chi connectivity index (χ0) is 11.8. The summed E-state index contributed by atoms with van der Waals surface area (Å²) in [5, 5.41) is 3.54. The molecule has 0 aliphatic heterocycles. The van der Waals surface area contributed by atoms with Gasteiger partial charge in [-0.3, -0.25) is 0 Å². The Hall–Kier alpha value is -1.28. The lowest BCUT2D eigenvalue weighted by Crippen LogP contribution is -2.30. The van der Waals surface area contributed by atoms with Gasteiger partial charge >= 0.3 is 0 Å². The van der Waals surface area contributed by atoms with Gasteiger partial charge < -0.3 is 10.1 Å². The number of hydrogen-bond donors (Lipinski definition) is 1. The molecule has 1 aromatic rings. The van der Waals surface area contributed by atoms with Crippen molar-refractivity contribution < 1.29 is 4.74 Å². The van der Waals surface area contributed by atoms with E-state index in [-0.39, 0.29) is 0 Å². The lowest BCUT2D eigenvalue weighted by molar-refractivity contribution is 0.305. The van der Waals surface area contributed by atoms with E-state index in [9.17, 15) is 0 Å². The van der Waals surface area contributed by atoms with Gasteiger partial charge in [0.2, 0.25) is 0 Å². The molecule has 0 fully saturated rings. The molecule has 0 bridgehead atoms. The third kappa shape index (κ3) is 4.61. The summed E-state index contributed by atoms with van der Waals surface area (Å²) in [5.41, 5.74) is 0. The number of hydrogen-bond acceptors (Lipinski definition) is 2. The van der Waals surface area contributed by atoms with Crippen LogP contribution in [0.3, 0.4) is 0 Å². The Morgan fingerprint density at radius 2 is 2.12 bits per heavy atom. The van der Waals surface area contributed by atoms with Crippen molar-refractivity contribution in [3.63, 3.8) is 0 Å². The monoisotopic (exact) mass is 231 g/mol. The number of nitrogens with one attached hydrogen (secondary N) is 1. The van der Waals surface area contributed by atoms with E-state index in [0.29, 0.717) is 6.04 Å². The number of rotatable bonds is 6. The molecule has 0 saturated carbocycles. The summed E-state index contributed by atoms with van der Waals surface area (Å²) < 4.78 is 5.64. The van der Waals surface area contributed by atoms with Crippen LogP contribution in [-0.4, -0.2) is 19.2 Å². The largest absolute Gasteiger partial charge is 0.494 e. The van der Waals surface area contributed by atoms with E-state index in [2.05, 4.69) is 17.5 Å². The zero-order valence-corrected chi connectivity index (χ0v) is 10.3. The molecule has 0 radical (unpaired) electrons. The van der Waals surface area contributed by atoms with E-state index >= 15 is 0 Å². The average Bonchev–Trinajstić information content (AvgIpc) is 2.41. The highest BCUT2D eigenvalue weighted by Gasteiger charge is 2.06. The van der Waals surface area contributed by atoms with Crippen molar-refractivity contribution >= 4 is 0 Å². The van der Waals surface area contributed by atoms with Gasteiger partial charge in [-0.15, -0.1) is 0 Å². The van der Waals surface area contributed by atoms with E-state index in [0.717, 1.165) is 25.3 Å². The van der Waals surface area contributed by atoms with Crippen LogP contribution in [0.5, 0.6) is 5.75 Å². The fraction of sp³-hybridized carbons (Fsp3) is 0.467. The molecule has 2 nitrogen and oxygen atoms in total. The van der Waals surface area contributed by atoms with Gasteiger partial charge in [0.05, 0.1) is 6.61 Å². The van der Waals surface area contributed by atoms with Crippen LogP contribution in [0.4, 0.5) is 0 Å². The molecule has 1 aliphatic rings. The Labute approximate surface area is 104 Å². The van der Waals surface area contributed by atoms with E-state index in [1.165, 1.54) is 19.3 Å². The first-order valence-electron chi connectivity index (χ1n) is 6.53. The van der Waals surface area contributed by atoms with Crippen molar-refractivity contribution in [2.45, 2.75) is 31.7 Å². The molecule has 0 spiro atoms. The van der Waals surface area contributed by atoms with Crippen molar-refractivity contribution in [3.05, 3.63) is 42.5 Å². The summed E-state index contributed by atoms with van der Waals surface area (Å²) in [4.78, 5) is 0. The van der Waals surface area contributed by atoms with E-state index in [1.807, 2.05) is 30.3 Å². The molecule has 17 heavy (non-hydrogen) atoms. The normalized spacial score (nSPS) is 19.2. The summed E-state index contributed by atoms with van der Waals surface area (Å²) in [7, 11) is 0. The molecule has 0 heterocycles. The van der Waals surface area contributed by atoms with Gasteiger partial charge in [-0.2, -0.15) is 0 Å². The van der Waals surface area contributed by atoms with E-state index < -0.39 is 0 Å². The van der Waals surface area contributed by atoms with Crippen molar-refractivity contribution in [2.75, 3.05) is 13.2 Å². The Kier molecular flexibility index (Phi) is 5.11. The first-order valence-corrected chi connectivity index (χ1v) is 6.53. The minimum absolute atomic E-state index is 0.584. The van der Waals surface area contributed by atoms with Gasteiger partial charge in [-0.1, -0.05) is 30.4 Å². The first kappa shape index (κ1) is 12.2. The average molecular weight is 231 g/mol. The lowest BCUT2D eigenvalue weighted by Gasteiger charge is -2.17. The quantitative estimate of drug-likeness (QED) is 0.600. The summed E-state index contributed by atoms with van der Waals surface area (Å²) in [6.07, 6.45) is 9.46. The Morgan fingerprint density at radius 3 is 2.88 bits per heavy atom. The summed E-state index contributed by atoms with van der Waals surface area (Å²) in [6, 6.07) is 10.6. The van der Waals surface area contributed by atoms with Crippen molar-refractivity contribution in [1.82, 2.24) is 5.32 Å². The first-order chi connectivity index (χ1) is 8.45. The molecular formula is C15H21NO. The maximum atomic E-state index is 5.64. The zero-order valence-electron chi connectivity index (χ0n) is 10.3. The predicted octanol–water partition coefficient (Wildman–Crippen LogP) is 3.15. The van der Waals surface area contributed by atoms with E-state index in [1.54, 1.807) is 0 Å². The maximum absolute atomic E-state index is 5.64. The van der Waals surface area contributed by atoms with Crippen molar-refractivity contribution in [3.8, 4) is 5.75 Å². The van der Waals surface area contributed by atoms with Gasteiger partial charge in [0.15, 0.2) is 0 Å². The maximum Gasteiger partial charge on any atom is 0.119 e. The second kappa shape index (κ2) is 7.13. The van der Waals surface area contributed by atoms with Gasteiger partial charge in [-0.05, 0) is 44.4 Å². The molecule has 1 unspecified atom stereocenters. The topological polar surface area (TPSA) is 21.3 Å². The minimum Gasteiger partial charge on any atom is -0.494 e. The molecule has 1 N–H and O–H groups in total. The smallest absolute Gasteiger partial charge is 0.119 e. The van der Waals surface area contributed by atoms with Gasteiger partial charge in [0.1, 0.15) is 5.75 Å². The molecule has 0 aromatic heterocycles. The third-order valence-electron chi connectivity index (χ3n) is 2.99. The van der Waals surface area contributed by atoms with Crippen LogP contribution in [0, 0.1) is 0 Å². The molecule has 1 aromatic carbocycles. The number of para-hydroxylation sites is 1. The Morgan fingerprint density at radius 1 is 1.24 bits per heavy atom.